The minimum absolute atomic E-state index is 0.926. The summed E-state index contributed by atoms with van der Waals surface area (Å²) in [5, 5.41) is 10.7. The first kappa shape index (κ1) is 15.4. The van der Waals surface area contributed by atoms with Gasteiger partial charge in [0.05, 0.1) is 5.32 Å². The molecule has 1 aromatic rings. The second-order valence-corrected chi connectivity index (χ2v) is 14.1. The average Bonchev–Trinajstić information content (AvgIpc) is 2.97. The number of unbranched alkanes of at least 4 members (excludes halogenated alkanes) is 2. The number of nitrogens with zero attached hydrogens (tertiary/aromatic N) is 3. The fourth-order valence-corrected chi connectivity index (χ4v) is 6.05. The zero-order chi connectivity index (χ0) is 13.7. The van der Waals surface area contributed by atoms with Crippen molar-refractivity contribution in [2.45, 2.75) is 63.5 Å². The molecule has 1 aliphatic rings. The van der Waals surface area contributed by atoms with Crippen LogP contribution in [0.4, 0.5) is 0 Å². The topological polar surface area (TPSA) is 30.7 Å². The van der Waals surface area contributed by atoms with Crippen molar-refractivity contribution in [2.75, 3.05) is 5.75 Å². The van der Waals surface area contributed by atoms with Crippen LogP contribution in [-0.2, 0) is 6.54 Å². The molecule has 19 heavy (non-hydrogen) atoms. The van der Waals surface area contributed by atoms with Gasteiger partial charge in [0.15, 0.2) is 0 Å². The van der Waals surface area contributed by atoms with Crippen molar-refractivity contribution in [3.8, 4) is 0 Å². The van der Waals surface area contributed by atoms with Gasteiger partial charge in [-0.2, -0.15) is 0 Å². The SMILES string of the molecule is C[Si](C)(C)c1cn(CCCCC[C@@H]2CCSS2)nn1. The summed E-state index contributed by atoms with van der Waals surface area (Å²) in [6.45, 7) is 7.99. The van der Waals surface area contributed by atoms with E-state index in [0.29, 0.717) is 0 Å². The monoisotopic (exact) mass is 315 g/mol. The van der Waals surface area contributed by atoms with Gasteiger partial charge in [0.25, 0.3) is 0 Å². The largest absolute Gasteiger partial charge is 0.253 e. The number of aryl methyl sites for hydroxylation is 1. The second kappa shape index (κ2) is 7.18. The highest BCUT2D eigenvalue weighted by atomic mass is 33.1. The zero-order valence-corrected chi connectivity index (χ0v) is 14.9. The Morgan fingerprint density at radius 3 is 2.79 bits per heavy atom. The molecule has 1 saturated heterocycles. The van der Waals surface area contributed by atoms with Crippen LogP contribution in [0.5, 0.6) is 0 Å². The molecule has 0 aromatic carbocycles. The summed E-state index contributed by atoms with van der Waals surface area (Å²) in [5.74, 6) is 1.35. The van der Waals surface area contributed by atoms with Crippen molar-refractivity contribution < 1.29 is 0 Å². The highest BCUT2D eigenvalue weighted by Gasteiger charge is 2.20. The molecular formula is C13H25N3S2Si. The van der Waals surface area contributed by atoms with Crippen molar-refractivity contribution in [1.29, 1.82) is 0 Å². The van der Waals surface area contributed by atoms with Gasteiger partial charge in [-0.05, 0) is 19.3 Å². The van der Waals surface area contributed by atoms with Crippen LogP contribution in [0.3, 0.4) is 0 Å². The van der Waals surface area contributed by atoms with Crippen LogP contribution in [0.25, 0.3) is 0 Å². The zero-order valence-electron chi connectivity index (χ0n) is 12.3. The lowest BCUT2D eigenvalue weighted by molar-refractivity contribution is 0.519. The van der Waals surface area contributed by atoms with Crippen molar-refractivity contribution in [3.63, 3.8) is 0 Å². The van der Waals surface area contributed by atoms with Crippen LogP contribution < -0.4 is 5.32 Å². The van der Waals surface area contributed by atoms with Crippen molar-refractivity contribution in [3.05, 3.63) is 6.20 Å². The average molecular weight is 316 g/mol. The summed E-state index contributed by atoms with van der Waals surface area (Å²) in [4.78, 5) is 0. The van der Waals surface area contributed by atoms with E-state index in [4.69, 9.17) is 0 Å². The molecule has 1 atom stereocenters. The smallest absolute Gasteiger partial charge is 0.106 e. The maximum atomic E-state index is 4.32. The van der Waals surface area contributed by atoms with Crippen molar-refractivity contribution >= 4 is 35.0 Å². The third-order valence-electron chi connectivity index (χ3n) is 3.45. The fourth-order valence-electron chi connectivity index (χ4n) is 2.14. The Labute approximate surface area is 125 Å². The van der Waals surface area contributed by atoms with Crippen LogP contribution in [-0.4, -0.2) is 34.1 Å². The number of rotatable bonds is 7. The van der Waals surface area contributed by atoms with Gasteiger partial charge in [0.1, 0.15) is 8.07 Å². The quantitative estimate of drug-likeness (QED) is 0.437. The molecule has 0 radical (unpaired) electrons. The predicted molar refractivity (Wildman–Crippen MR) is 89.9 cm³/mol. The lowest BCUT2D eigenvalue weighted by atomic mass is 10.1. The maximum absolute atomic E-state index is 4.32. The van der Waals surface area contributed by atoms with Gasteiger partial charge < -0.3 is 0 Å². The normalized spacial score (nSPS) is 20.1. The molecule has 2 heterocycles. The standard InChI is InChI=1S/C13H25N3S2Si/c1-19(2,3)13-11-16(15-14-13)9-6-4-5-7-12-8-10-17-18-12/h11-12H,4-10H2,1-3H3/t12-/m1/s1. The summed E-state index contributed by atoms with van der Waals surface area (Å²) in [5.41, 5.74) is 0. The second-order valence-electron chi connectivity index (χ2n) is 6.30. The highest BCUT2D eigenvalue weighted by molar-refractivity contribution is 8.77. The van der Waals surface area contributed by atoms with Gasteiger partial charge in [-0.15, -0.1) is 5.10 Å². The molecule has 2 rings (SSSR count). The molecule has 0 unspecified atom stereocenters. The molecular weight excluding hydrogens is 290 g/mol. The third kappa shape index (κ3) is 5.15. The van der Waals surface area contributed by atoms with E-state index in [0.717, 1.165) is 11.8 Å². The molecule has 0 N–H and O–H groups in total. The Morgan fingerprint density at radius 1 is 1.32 bits per heavy atom. The summed E-state index contributed by atoms with van der Waals surface area (Å²) in [6.07, 6.45) is 8.90. The van der Waals surface area contributed by atoms with Crippen molar-refractivity contribution in [1.82, 2.24) is 15.0 Å². The van der Waals surface area contributed by atoms with Crippen molar-refractivity contribution in [2.24, 2.45) is 0 Å². The molecule has 0 spiro atoms. The molecule has 0 amide bonds. The number of hydrogen-bond acceptors (Lipinski definition) is 4. The van der Waals surface area contributed by atoms with E-state index in [1.165, 1.54) is 43.2 Å². The Bertz CT molecular complexity index is 383. The molecule has 108 valence electrons. The Kier molecular flexibility index (Phi) is 5.83. The summed E-state index contributed by atoms with van der Waals surface area (Å²) < 4.78 is 2.04. The Morgan fingerprint density at radius 2 is 2.16 bits per heavy atom. The van der Waals surface area contributed by atoms with Gasteiger partial charge >= 0.3 is 0 Å². The number of hydrogen-bond donors (Lipinski definition) is 0. The minimum atomic E-state index is -1.28. The van der Waals surface area contributed by atoms with Gasteiger partial charge in [0.2, 0.25) is 0 Å². The summed E-state index contributed by atoms with van der Waals surface area (Å²) >= 11 is 0. The molecule has 6 heteroatoms. The van der Waals surface area contributed by atoms with Crippen LogP contribution in [0, 0.1) is 0 Å². The van der Waals surface area contributed by atoms with E-state index in [1.54, 1.807) is 0 Å². The predicted octanol–water partition coefficient (Wildman–Crippen LogP) is 3.54. The van der Waals surface area contributed by atoms with Gasteiger partial charge in [0, 0.05) is 23.7 Å². The molecule has 1 fully saturated rings. The van der Waals surface area contributed by atoms with E-state index in [2.05, 4.69) is 46.9 Å². The number of aromatic nitrogens is 3. The molecule has 0 saturated carbocycles. The lowest BCUT2D eigenvalue weighted by Crippen LogP contribution is -2.38. The first-order valence-corrected chi connectivity index (χ1v) is 13.1. The van der Waals surface area contributed by atoms with Crippen LogP contribution >= 0.6 is 21.6 Å². The van der Waals surface area contributed by atoms with Crippen LogP contribution in [0.2, 0.25) is 19.6 Å². The first-order valence-electron chi connectivity index (χ1n) is 7.24. The third-order valence-corrected chi connectivity index (χ3v) is 8.22. The lowest BCUT2D eigenvalue weighted by Gasteiger charge is -2.10. The van der Waals surface area contributed by atoms with Gasteiger partial charge in [-0.1, -0.05) is 59.3 Å². The van der Waals surface area contributed by atoms with E-state index in [-0.39, 0.29) is 0 Å². The maximum Gasteiger partial charge on any atom is 0.106 e. The van der Waals surface area contributed by atoms with E-state index in [1.807, 2.05) is 15.5 Å². The molecule has 0 aliphatic carbocycles. The summed E-state index contributed by atoms with van der Waals surface area (Å²) in [6, 6.07) is 0. The first-order chi connectivity index (χ1) is 9.05. The molecule has 3 nitrogen and oxygen atoms in total. The molecule has 0 bridgehead atoms. The van der Waals surface area contributed by atoms with E-state index in [9.17, 15) is 0 Å². The minimum Gasteiger partial charge on any atom is -0.253 e. The van der Waals surface area contributed by atoms with E-state index >= 15 is 0 Å². The van der Waals surface area contributed by atoms with Gasteiger partial charge in [-0.25, -0.2) is 0 Å². The fraction of sp³-hybridized carbons (Fsp3) is 0.846. The highest BCUT2D eigenvalue weighted by Crippen LogP contribution is 2.39. The molecule has 1 aliphatic heterocycles. The van der Waals surface area contributed by atoms with Gasteiger partial charge in [-0.3, -0.25) is 4.68 Å². The van der Waals surface area contributed by atoms with E-state index < -0.39 is 8.07 Å². The molecule has 1 aromatic heterocycles. The Hall–Kier alpha value is 0.0569. The van der Waals surface area contributed by atoms with Crippen LogP contribution in [0.1, 0.15) is 32.1 Å². The summed E-state index contributed by atoms with van der Waals surface area (Å²) in [7, 11) is 2.86. The Balaban J connectivity index is 1.61. The van der Waals surface area contributed by atoms with Crippen LogP contribution in [0.15, 0.2) is 6.20 Å².